The van der Waals surface area contributed by atoms with Crippen molar-refractivity contribution < 1.29 is 9.32 Å². The molecular formula is C23H26N8O2. The molecule has 0 radical (unpaired) electrons. The van der Waals surface area contributed by atoms with E-state index in [2.05, 4.69) is 35.8 Å². The van der Waals surface area contributed by atoms with E-state index in [0.29, 0.717) is 24.1 Å². The number of carbonyl (C=O) groups excluding carboxylic acids is 1. The molecule has 4 rings (SSSR count). The number of aromatic nitrogens is 6. The summed E-state index contributed by atoms with van der Waals surface area (Å²) in [6.07, 6.45) is 4.99. The van der Waals surface area contributed by atoms with Gasteiger partial charge in [0.15, 0.2) is 11.5 Å². The quantitative estimate of drug-likeness (QED) is 0.461. The summed E-state index contributed by atoms with van der Waals surface area (Å²) in [6.45, 7) is 8.36. The summed E-state index contributed by atoms with van der Waals surface area (Å²) in [6, 6.07) is 7.54. The van der Waals surface area contributed by atoms with E-state index in [0.717, 1.165) is 22.4 Å². The molecule has 33 heavy (non-hydrogen) atoms. The van der Waals surface area contributed by atoms with Gasteiger partial charge in [0.25, 0.3) is 5.91 Å². The fraction of sp³-hybridized carbons (Fsp3) is 0.304. The molecule has 0 unspecified atom stereocenters. The first-order valence-corrected chi connectivity index (χ1v) is 10.5. The minimum atomic E-state index is -0.277. The molecule has 4 aromatic rings. The maximum atomic E-state index is 12.5. The predicted octanol–water partition coefficient (Wildman–Crippen LogP) is 3.54. The Morgan fingerprint density at radius 3 is 2.67 bits per heavy atom. The van der Waals surface area contributed by atoms with Gasteiger partial charge < -0.3 is 15.2 Å². The zero-order valence-corrected chi connectivity index (χ0v) is 19.2. The first-order chi connectivity index (χ1) is 15.7. The Hall–Kier alpha value is -4.08. The normalized spacial score (nSPS) is 11.4. The summed E-state index contributed by atoms with van der Waals surface area (Å²) in [5.41, 5.74) is 3.69. The molecule has 2 N–H and O–H groups in total. The molecule has 1 amide bonds. The number of nitrogens with one attached hydrogen (secondary N) is 2. The van der Waals surface area contributed by atoms with Gasteiger partial charge in [0.1, 0.15) is 12.1 Å². The Morgan fingerprint density at radius 2 is 2.00 bits per heavy atom. The molecule has 3 aromatic heterocycles. The lowest BCUT2D eigenvalue weighted by Crippen LogP contribution is -2.23. The lowest BCUT2D eigenvalue weighted by molar-refractivity contribution is 0.0941. The van der Waals surface area contributed by atoms with Crippen molar-refractivity contribution in [3.63, 3.8) is 0 Å². The second-order valence-electron chi connectivity index (χ2n) is 8.81. The number of aryl methyl sites for hydroxylation is 2. The van der Waals surface area contributed by atoms with Crippen LogP contribution in [0.1, 0.15) is 48.1 Å². The van der Waals surface area contributed by atoms with Crippen molar-refractivity contribution in [3.8, 4) is 11.4 Å². The summed E-state index contributed by atoms with van der Waals surface area (Å²) in [4.78, 5) is 25.4. The second kappa shape index (κ2) is 8.81. The lowest BCUT2D eigenvalue weighted by Gasteiger charge is -2.12. The van der Waals surface area contributed by atoms with Gasteiger partial charge in [0.05, 0.1) is 11.9 Å². The van der Waals surface area contributed by atoms with E-state index in [1.165, 1.54) is 6.33 Å². The van der Waals surface area contributed by atoms with Gasteiger partial charge in [-0.1, -0.05) is 38.1 Å². The first kappa shape index (κ1) is 22.1. The number of hydrogen-bond donors (Lipinski definition) is 2. The van der Waals surface area contributed by atoms with Crippen LogP contribution in [0.2, 0.25) is 0 Å². The van der Waals surface area contributed by atoms with E-state index in [1.54, 1.807) is 16.9 Å². The minimum absolute atomic E-state index is 0.208. The van der Waals surface area contributed by atoms with Gasteiger partial charge in [0, 0.05) is 36.8 Å². The highest BCUT2D eigenvalue weighted by Gasteiger charge is 2.22. The minimum Gasteiger partial charge on any atom is -0.360 e. The van der Waals surface area contributed by atoms with Crippen LogP contribution in [0.15, 0.2) is 47.5 Å². The molecule has 3 heterocycles. The Balaban J connectivity index is 1.43. The largest absolute Gasteiger partial charge is 0.360 e. The van der Waals surface area contributed by atoms with E-state index in [9.17, 15) is 4.79 Å². The van der Waals surface area contributed by atoms with E-state index in [-0.39, 0.29) is 17.0 Å². The summed E-state index contributed by atoms with van der Waals surface area (Å²) >= 11 is 0. The number of hydrogen-bond acceptors (Lipinski definition) is 8. The zero-order chi connectivity index (χ0) is 23.6. The van der Waals surface area contributed by atoms with Gasteiger partial charge in [-0.05, 0) is 24.1 Å². The van der Waals surface area contributed by atoms with Crippen molar-refractivity contribution in [1.29, 1.82) is 0 Å². The Bertz CT molecular complexity index is 1290. The molecule has 170 valence electrons. The van der Waals surface area contributed by atoms with Crippen molar-refractivity contribution in [1.82, 2.24) is 35.2 Å². The van der Waals surface area contributed by atoms with Crippen LogP contribution >= 0.6 is 0 Å². The average molecular weight is 447 g/mol. The van der Waals surface area contributed by atoms with E-state index in [4.69, 9.17) is 4.52 Å². The molecule has 10 nitrogen and oxygen atoms in total. The molecule has 0 atom stereocenters. The topological polar surface area (TPSA) is 124 Å². The van der Waals surface area contributed by atoms with Crippen LogP contribution in [0.4, 0.5) is 11.6 Å². The molecule has 0 saturated heterocycles. The summed E-state index contributed by atoms with van der Waals surface area (Å²) < 4.78 is 6.99. The molecule has 0 saturated carbocycles. The maximum absolute atomic E-state index is 12.5. The van der Waals surface area contributed by atoms with Crippen LogP contribution in [0.25, 0.3) is 11.4 Å². The molecular weight excluding hydrogens is 420 g/mol. The van der Waals surface area contributed by atoms with Crippen molar-refractivity contribution in [2.24, 2.45) is 7.05 Å². The molecule has 0 aliphatic carbocycles. The van der Waals surface area contributed by atoms with Crippen LogP contribution < -0.4 is 10.6 Å². The van der Waals surface area contributed by atoms with Gasteiger partial charge in [-0.15, -0.1) is 0 Å². The fourth-order valence-electron chi connectivity index (χ4n) is 3.15. The van der Waals surface area contributed by atoms with Crippen LogP contribution in [-0.4, -0.2) is 35.8 Å². The molecule has 0 aliphatic heterocycles. The van der Waals surface area contributed by atoms with Gasteiger partial charge in [-0.25, -0.2) is 9.97 Å². The van der Waals surface area contributed by atoms with Crippen molar-refractivity contribution in [3.05, 3.63) is 65.6 Å². The predicted molar refractivity (Wildman–Crippen MR) is 123 cm³/mol. The molecule has 0 bridgehead atoms. The lowest BCUT2D eigenvalue weighted by atomic mass is 9.93. The maximum Gasteiger partial charge on any atom is 0.273 e. The summed E-state index contributed by atoms with van der Waals surface area (Å²) in [5.74, 6) is 1.38. The Labute approximate surface area is 191 Å². The Morgan fingerprint density at radius 1 is 1.18 bits per heavy atom. The average Bonchev–Trinajstić information content (AvgIpc) is 3.42. The molecule has 0 fully saturated rings. The van der Waals surface area contributed by atoms with Gasteiger partial charge >= 0.3 is 0 Å². The highest BCUT2D eigenvalue weighted by molar-refractivity contribution is 5.92. The van der Waals surface area contributed by atoms with Crippen LogP contribution in [0.5, 0.6) is 0 Å². The number of benzene rings is 1. The van der Waals surface area contributed by atoms with Crippen molar-refractivity contribution in [2.75, 3.05) is 5.32 Å². The third-order valence-corrected chi connectivity index (χ3v) is 5.06. The van der Waals surface area contributed by atoms with Gasteiger partial charge in [0.2, 0.25) is 5.95 Å². The number of carbonyl (C=O) groups is 1. The Kier molecular flexibility index (Phi) is 5.91. The number of anilines is 2. The molecule has 0 spiro atoms. The SMILES string of the molecule is Cc1cc(-c2ncnc(Nc3cnn(C)c3)n2)ccc1CNC(=O)c1cc(C(C)(C)C)on1. The number of amides is 1. The molecule has 10 heteroatoms. The van der Waals surface area contributed by atoms with Crippen LogP contribution in [0, 0.1) is 6.92 Å². The zero-order valence-electron chi connectivity index (χ0n) is 19.2. The fourth-order valence-corrected chi connectivity index (χ4v) is 3.15. The monoisotopic (exact) mass is 446 g/mol. The number of nitrogens with zero attached hydrogens (tertiary/aromatic N) is 6. The van der Waals surface area contributed by atoms with E-state index < -0.39 is 0 Å². The van der Waals surface area contributed by atoms with Crippen molar-refractivity contribution >= 4 is 17.5 Å². The number of rotatable bonds is 6. The van der Waals surface area contributed by atoms with Crippen LogP contribution in [-0.2, 0) is 19.0 Å². The molecule has 1 aromatic carbocycles. The van der Waals surface area contributed by atoms with Crippen molar-refractivity contribution in [2.45, 2.75) is 39.7 Å². The third kappa shape index (κ3) is 5.22. The van der Waals surface area contributed by atoms with E-state index >= 15 is 0 Å². The summed E-state index contributed by atoms with van der Waals surface area (Å²) in [5, 5.41) is 14.0. The van der Waals surface area contributed by atoms with Crippen LogP contribution in [0.3, 0.4) is 0 Å². The standard InChI is InChI=1S/C23H26N8O2/c1-14-8-15(20-25-13-26-22(29-20)28-17-11-27-31(5)12-17)6-7-16(14)10-24-21(32)18-9-19(33-30-18)23(2,3)4/h6-9,11-13H,10H2,1-5H3,(H,24,32)(H,25,26,28,29). The first-order valence-electron chi connectivity index (χ1n) is 10.5. The molecule has 0 aliphatic rings. The summed E-state index contributed by atoms with van der Waals surface area (Å²) in [7, 11) is 1.84. The smallest absolute Gasteiger partial charge is 0.273 e. The highest BCUT2D eigenvalue weighted by atomic mass is 16.5. The van der Waals surface area contributed by atoms with E-state index in [1.807, 2.05) is 59.1 Å². The highest BCUT2D eigenvalue weighted by Crippen LogP contribution is 2.23. The third-order valence-electron chi connectivity index (χ3n) is 5.06. The van der Waals surface area contributed by atoms with Gasteiger partial charge in [-0.3, -0.25) is 9.48 Å². The van der Waals surface area contributed by atoms with Gasteiger partial charge in [-0.2, -0.15) is 10.1 Å². The second-order valence-corrected chi connectivity index (χ2v) is 8.81.